The lowest BCUT2D eigenvalue weighted by Gasteiger charge is -2.36. The van der Waals surface area contributed by atoms with Crippen molar-refractivity contribution in [2.75, 3.05) is 46.4 Å². The second-order valence-electron chi connectivity index (χ2n) is 7.17. The lowest BCUT2D eigenvalue weighted by molar-refractivity contribution is -0.133. The molecule has 0 spiro atoms. The third-order valence-corrected chi connectivity index (χ3v) is 4.61. The Kier molecular flexibility index (Phi) is 8.13. The molecule has 1 atom stereocenters. The second-order valence-corrected chi connectivity index (χ2v) is 7.17. The van der Waals surface area contributed by atoms with Gasteiger partial charge in [-0.1, -0.05) is 32.1 Å². The van der Waals surface area contributed by atoms with Gasteiger partial charge in [0, 0.05) is 39.1 Å². The van der Waals surface area contributed by atoms with Crippen LogP contribution in [-0.4, -0.2) is 62.1 Å². The Morgan fingerprint density at radius 3 is 2.62 bits per heavy atom. The van der Waals surface area contributed by atoms with Crippen LogP contribution in [0.1, 0.15) is 31.9 Å². The van der Waals surface area contributed by atoms with Gasteiger partial charge in [0.25, 0.3) is 0 Å². The summed E-state index contributed by atoms with van der Waals surface area (Å²) in [5.74, 6) is 1.51. The van der Waals surface area contributed by atoms with Crippen molar-refractivity contribution in [3.05, 3.63) is 42.5 Å². The summed E-state index contributed by atoms with van der Waals surface area (Å²) in [6, 6.07) is 8.02. The van der Waals surface area contributed by atoms with Crippen LogP contribution in [0.2, 0.25) is 0 Å². The van der Waals surface area contributed by atoms with Crippen LogP contribution in [0.25, 0.3) is 0 Å². The Labute approximate surface area is 157 Å². The largest absolute Gasteiger partial charge is 0.497 e. The van der Waals surface area contributed by atoms with E-state index in [1.165, 1.54) is 0 Å². The summed E-state index contributed by atoms with van der Waals surface area (Å²) in [6.07, 6.45) is 2.37. The highest BCUT2D eigenvalue weighted by Crippen LogP contribution is 2.24. The van der Waals surface area contributed by atoms with Crippen molar-refractivity contribution >= 4 is 5.91 Å². The number of carbonyl (C=O) groups excluding carboxylic acids is 1. The molecular formula is C21H32N2O3. The van der Waals surface area contributed by atoms with Crippen LogP contribution in [0.15, 0.2) is 36.9 Å². The third-order valence-electron chi connectivity index (χ3n) is 4.61. The number of nitrogens with zero attached hydrogens (tertiary/aromatic N) is 2. The van der Waals surface area contributed by atoms with Crippen LogP contribution in [0.5, 0.6) is 5.75 Å². The molecule has 1 fully saturated rings. The molecule has 1 aliphatic rings. The van der Waals surface area contributed by atoms with Gasteiger partial charge in [0.15, 0.2) is 0 Å². The van der Waals surface area contributed by atoms with Crippen molar-refractivity contribution < 1.29 is 14.3 Å². The van der Waals surface area contributed by atoms with Gasteiger partial charge in [-0.15, -0.1) is 6.58 Å². The number of benzene rings is 1. The fourth-order valence-corrected chi connectivity index (χ4v) is 3.17. The van der Waals surface area contributed by atoms with E-state index in [1.54, 1.807) is 13.2 Å². The average Bonchev–Trinajstić information content (AvgIpc) is 2.65. The predicted octanol–water partition coefficient (Wildman–Crippen LogP) is 3.13. The van der Waals surface area contributed by atoms with Crippen molar-refractivity contribution in [1.82, 2.24) is 9.80 Å². The summed E-state index contributed by atoms with van der Waals surface area (Å²) in [7, 11) is 1.67. The number of hydrogen-bond donors (Lipinski definition) is 0. The van der Waals surface area contributed by atoms with E-state index < -0.39 is 0 Å². The number of carbonyl (C=O) groups is 1. The SMILES string of the molecule is C=CCOC(CN1CCN(C(=O)CC(C)C)CC1)c1cccc(OC)c1. The Bertz CT molecular complexity index is 580. The summed E-state index contributed by atoms with van der Waals surface area (Å²) in [4.78, 5) is 16.6. The molecule has 5 nitrogen and oxygen atoms in total. The first-order chi connectivity index (χ1) is 12.5. The van der Waals surface area contributed by atoms with Crippen LogP contribution >= 0.6 is 0 Å². The molecule has 26 heavy (non-hydrogen) atoms. The first-order valence-corrected chi connectivity index (χ1v) is 9.40. The Morgan fingerprint density at radius 1 is 1.27 bits per heavy atom. The van der Waals surface area contributed by atoms with E-state index in [4.69, 9.17) is 9.47 Å². The number of piperazine rings is 1. The average molecular weight is 360 g/mol. The zero-order chi connectivity index (χ0) is 18.9. The van der Waals surface area contributed by atoms with Gasteiger partial charge >= 0.3 is 0 Å². The molecule has 2 rings (SSSR count). The van der Waals surface area contributed by atoms with Crippen molar-refractivity contribution in [3.8, 4) is 5.75 Å². The fraction of sp³-hybridized carbons (Fsp3) is 0.571. The zero-order valence-electron chi connectivity index (χ0n) is 16.3. The van der Waals surface area contributed by atoms with E-state index in [2.05, 4.69) is 31.4 Å². The molecule has 1 unspecified atom stereocenters. The van der Waals surface area contributed by atoms with Crippen LogP contribution in [-0.2, 0) is 9.53 Å². The van der Waals surface area contributed by atoms with Crippen LogP contribution in [0.3, 0.4) is 0 Å². The second kappa shape index (κ2) is 10.3. The summed E-state index contributed by atoms with van der Waals surface area (Å²) >= 11 is 0. The summed E-state index contributed by atoms with van der Waals surface area (Å²) in [6.45, 7) is 12.6. The van der Waals surface area contributed by atoms with Gasteiger partial charge in [0.2, 0.25) is 5.91 Å². The van der Waals surface area contributed by atoms with E-state index in [-0.39, 0.29) is 12.0 Å². The third kappa shape index (κ3) is 6.15. The maximum atomic E-state index is 12.2. The molecule has 5 heteroatoms. The minimum absolute atomic E-state index is 0.0407. The molecule has 0 bridgehead atoms. The molecule has 0 aromatic heterocycles. The van der Waals surface area contributed by atoms with Gasteiger partial charge in [-0.25, -0.2) is 0 Å². The van der Waals surface area contributed by atoms with Gasteiger partial charge in [0.05, 0.1) is 19.8 Å². The number of amides is 1. The molecule has 1 aliphatic heterocycles. The van der Waals surface area contributed by atoms with E-state index >= 15 is 0 Å². The first kappa shape index (κ1) is 20.5. The van der Waals surface area contributed by atoms with Crippen LogP contribution in [0.4, 0.5) is 0 Å². The maximum absolute atomic E-state index is 12.2. The first-order valence-electron chi connectivity index (χ1n) is 9.40. The molecule has 1 heterocycles. The Balaban J connectivity index is 1.94. The monoisotopic (exact) mass is 360 g/mol. The highest BCUT2D eigenvalue weighted by molar-refractivity contribution is 5.76. The van der Waals surface area contributed by atoms with E-state index in [1.807, 2.05) is 23.1 Å². The number of hydrogen-bond acceptors (Lipinski definition) is 4. The maximum Gasteiger partial charge on any atom is 0.222 e. The van der Waals surface area contributed by atoms with E-state index in [0.717, 1.165) is 44.0 Å². The number of ether oxygens (including phenoxy) is 2. The van der Waals surface area contributed by atoms with E-state index in [9.17, 15) is 4.79 Å². The van der Waals surface area contributed by atoms with Crippen molar-refractivity contribution in [3.63, 3.8) is 0 Å². The summed E-state index contributed by atoms with van der Waals surface area (Å²) in [5, 5.41) is 0. The molecule has 1 saturated heterocycles. The lowest BCUT2D eigenvalue weighted by atomic mass is 10.1. The molecule has 0 saturated carbocycles. The molecule has 144 valence electrons. The quantitative estimate of drug-likeness (QED) is 0.635. The number of rotatable bonds is 9. The lowest BCUT2D eigenvalue weighted by Crippen LogP contribution is -2.49. The van der Waals surface area contributed by atoms with Crippen LogP contribution < -0.4 is 4.74 Å². The van der Waals surface area contributed by atoms with Gasteiger partial charge in [-0.2, -0.15) is 0 Å². The smallest absolute Gasteiger partial charge is 0.222 e. The van der Waals surface area contributed by atoms with Gasteiger partial charge in [0.1, 0.15) is 5.75 Å². The van der Waals surface area contributed by atoms with Crippen LogP contribution in [0, 0.1) is 5.92 Å². The minimum Gasteiger partial charge on any atom is -0.497 e. The van der Waals surface area contributed by atoms with Crippen molar-refractivity contribution in [2.24, 2.45) is 5.92 Å². The highest BCUT2D eigenvalue weighted by atomic mass is 16.5. The summed E-state index contributed by atoms with van der Waals surface area (Å²) < 4.78 is 11.3. The topological polar surface area (TPSA) is 42.0 Å². The molecule has 1 aromatic carbocycles. The zero-order valence-corrected chi connectivity index (χ0v) is 16.3. The Morgan fingerprint density at radius 2 is 2.00 bits per heavy atom. The van der Waals surface area contributed by atoms with Gasteiger partial charge in [-0.3, -0.25) is 9.69 Å². The Hall–Kier alpha value is -1.85. The summed E-state index contributed by atoms with van der Waals surface area (Å²) in [5.41, 5.74) is 1.10. The molecule has 0 N–H and O–H groups in total. The van der Waals surface area contributed by atoms with Gasteiger partial charge < -0.3 is 14.4 Å². The van der Waals surface area contributed by atoms with Crippen molar-refractivity contribution in [1.29, 1.82) is 0 Å². The molecule has 1 aromatic rings. The fourth-order valence-electron chi connectivity index (χ4n) is 3.17. The highest BCUT2D eigenvalue weighted by Gasteiger charge is 2.24. The number of methoxy groups -OCH3 is 1. The molecule has 0 aliphatic carbocycles. The van der Waals surface area contributed by atoms with E-state index in [0.29, 0.717) is 18.9 Å². The normalized spacial score (nSPS) is 16.5. The predicted molar refractivity (Wildman–Crippen MR) is 104 cm³/mol. The standard InChI is InChI=1S/C21H32N2O3/c1-5-13-26-20(18-7-6-8-19(15-18)25-4)16-22-9-11-23(12-10-22)21(24)14-17(2)3/h5-8,15,17,20H,1,9-14,16H2,2-4H3. The molecular weight excluding hydrogens is 328 g/mol. The van der Waals surface area contributed by atoms with Crippen molar-refractivity contribution in [2.45, 2.75) is 26.4 Å². The minimum atomic E-state index is -0.0407. The van der Waals surface area contributed by atoms with Gasteiger partial charge in [-0.05, 0) is 23.6 Å². The molecule has 1 amide bonds. The molecule has 0 radical (unpaired) electrons.